The van der Waals surface area contributed by atoms with Gasteiger partial charge in [0.05, 0.1) is 0 Å². The maximum absolute atomic E-state index is 11.2. The summed E-state index contributed by atoms with van der Waals surface area (Å²) in [4.78, 5) is 11.2. The lowest BCUT2D eigenvalue weighted by Crippen LogP contribution is -2.37. The average molecular weight is 301 g/mol. The maximum atomic E-state index is 11.2. The van der Waals surface area contributed by atoms with Gasteiger partial charge in [-0.05, 0) is 44.4 Å². The van der Waals surface area contributed by atoms with Gasteiger partial charge < -0.3 is 5.73 Å². The first-order valence-electron chi connectivity index (χ1n) is 8.58. The van der Waals surface area contributed by atoms with Crippen LogP contribution in [0.2, 0.25) is 0 Å². The van der Waals surface area contributed by atoms with Crippen molar-refractivity contribution in [1.29, 1.82) is 0 Å². The van der Waals surface area contributed by atoms with Crippen LogP contribution in [0.25, 0.3) is 0 Å². The summed E-state index contributed by atoms with van der Waals surface area (Å²) in [7, 11) is 0. The average Bonchev–Trinajstić information content (AvgIpc) is 3.11. The molecule has 0 aromatic heterocycles. The molecule has 5 atom stereocenters. The highest BCUT2D eigenvalue weighted by Gasteiger charge is 2.44. The van der Waals surface area contributed by atoms with Crippen molar-refractivity contribution in [2.24, 2.45) is 40.4 Å². The molecule has 3 aliphatic carbocycles. The Hall–Kier alpha value is -1.58. The third-order valence-corrected chi connectivity index (χ3v) is 5.90. The van der Waals surface area contributed by atoms with Crippen LogP contribution in [0.15, 0.2) is 28.9 Å². The van der Waals surface area contributed by atoms with Crippen molar-refractivity contribution < 1.29 is 4.79 Å². The quantitative estimate of drug-likeness (QED) is 0.594. The number of allylic oxidation sites excluding steroid dienone is 4. The van der Waals surface area contributed by atoms with Gasteiger partial charge >= 0.3 is 6.03 Å². The van der Waals surface area contributed by atoms with Crippen LogP contribution in [-0.2, 0) is 0 Å². The molecule has 0 unspecified atom stereocenters. The van der Waals surface area contributed by atoms with Gasteiger partial charge in [0.25, 0.3) is 0 Å². The smallest absolute Gasteiger partial charge is 0.332 e. The van der Waals surface area contributed by atoms with Crippen molar-refractivity contribution >= 4 is 11.7 Å². The number of carbonyl (C=O) groups is 1. The highest BCUT2D eigenvalue weighted by atomic mass is 16.2. The Labute approximate surface area is 132 Å². The summed E-state index contributed by atoms with van der Waals surface area (Å²) in [6.45, 7) is 4.51. The van der Waals surface area contributed by atoms with E-state index in [1.165, 1.54) is 30.5 Å². The molecule has 0 spiro atoms. The molecule has 22 heavy (non-hydrogen) atoms. The van der Waals surface area contributed by atoms with Crippen molar-refractivity contribution in [3.8, 4) is 0 Å². The second-order valence-electron chi connectivity index (χ2n) is 7.02. The van der Waals surface area contributed by atoms with Crippen molar-refractivity contribution in [1.82, 2.24) is 5.43 Å². The summed E-state index contributed by atoms with van der Waals surface area (Å²) < 4.78 is 0. The zero-order valence-electron chi connectivity index (χ0n) is 13.6. The van der Waals surface area contributed by atoms with Gasteiger partial charge in [-0.25, -0.2) is 10.2 Å². The van der Waals surface area contributed by atoms with Crippen LogP contribution in [0.4, 0.5) is 4.79 Å². The van der Waals surface area contributed by atoms with E-state index in [1.54, 1.807) is 0 Å². The van der Waals surface area contributed by atoms with Crippen molar-refractivity contribution in [2.45, 2.75) is 46.0 Å². The topological polar surface area (TPSA) is 67.5 Å². The van der Waals surface area contributed by atoms with E-state index in [-0.39, 0.29) is 0 Å². The van der Waals surface area contributed by atoms with Crippen LogP contribution in [-0.4, -0.2) is 11.7 Å². The van der Waals surface area contributed by atoms with Gasteiger partial charge in [0.2, 0.25) is 0 Å². The van der Waals surface area contributed by atoms with E-state index in [4.69, 9.17) is 5.73 Å². The van der Waals surface area contributed by atoms with Crippen molar-refractivity contribution in [3.63, 3.8) is 0 Å². The second-order valence-corrected chi connectivity index (χ2v) is 7.02. The molecule has 0 radical (unpaired) electrons. The number of primary amides is 1. The Morgan fingerprint density at radius 2 is 2.23 bits per heavy atom. The number of hydrogen-bond acceptors (Lipinski definition) is 2. The Kier molecular flexibility index (Phi) is 4.37. The summed E-state index contributed by atoms with van der Waals surface area (Å²) in [6.07, 6.45) is 12.9. The number of carbonyl (C=O) groups excluding carboxylic acids is 1. The van der Waals surface area contributed by atoms with Crippen LogP contribution >= 0.6 is 0 Å². The number of nitrogens with zero attached hydrogens (tertiary/aromatic N) is 1. The van der Waals surface area contributed by atoms with Gasteiger partial charge in [0.15, 0.2) is 0 Å². The molecular weight excluding hydrogens is 274 g/mol. The molecule has 3 rings (SSSR count). The highest BCUT2D eigenvalue weighted by Crippen LogP contribution is 2.48. The zero-order valence-corrected chi connectivity index (χ0v) is 13.6. The summed E-state index contributed by atoms with van der Waals surface area (Å²) in [5, 5.41) is 4.53. The normalized spacial score (nSPS) is 41.3. The summed E-state index contributed by atoms with van der Waals surface area (Å²) in [5.74, 6) is 2.67. The lowest BCUT2D eigenvalue weighted by atomic mass is 9.71. The molecule has 3 aliphatic rings. The van der Waals surface area contributed by atoms with Crippen LogP contribution < -0.4 is 11.2 Å². The lowest BCUT2D eigenvalue weighted by Gasteiger charge is -2.34. The minimum absolute atomic E-state index is 0.392. The first kappa shape index (κ1) is 15.3. The minimum atomic E-state index is -0.563. The third kappa shape index (κ3) is 2.71. The molecule has 1 saturated carbocycles. The van der Waals surface area contributed by atoms with E-state index >= 15 is 0 Å². The number of hydrazone groups is 1. The van der Waals surface area contributed by atoms with E-state index in [1.807, 2.05) is 0 Å². The number of nitrogens with one attached hydrogen (secondary N) is 1. The Bertz CT molecular complexity index is 534. The fraction of sp³-hybridized carbons (Fsp3) is 0.667. The number of rotatable bonds is 2. The standard InChI is InChI=1S/C18H27N3O/c1-3-12-9-10-13-8-7-11(2)14-5-4-6-15(14)17(16(12)13)20-21-18(19)22/h4-5,7,12-16H,3,6,8-10H2,1-2H3,(H3,19,21,22)/b11-7-,20-17+/t12-,13+,14+,15+,16-/m0/s1. The Balaban J connectivity index is 2.00. The first-order valence-corrected chi connectivity index (χ1v) is 8.58. The molecule has 0 bridgehead atoms. The number of hydrogen-bond donors (Lipinski definition) is 2. The Morgan fingerprint density at radius 1 is 1.41 bits per heavy atom. The van der Waals surface area contributed by atoms with Gasteiger partial charge in [-0.2, -0.15) is 5.10 Å². The van der Waals surface area contributed by atoms with Gasteiger partial charge in [0.1, 0.15) is 0 Å². The molecule has 2 amide bonds. The van der Waals surface area contributed by atoms with Crippen LogP contribution in [0, 0.1) is 29.6 Å². The van der Waals surface area contributed by atoms with Crippen LogP contribution in [0.1, 0.15) is 46.0 Å². The minimum Gasteiger partial charge on any atom is -0.350 e. The van der Waals surface area contributed by atoms with E-state index in [0.717, 1.165) is 12.8 Å². The van der Waals surface area contributed by atoms with Gasteiger partial charge in [0, 0.05) is 23.5 Å². The van der Waals surface area contributed by atoms with E-state index in [2.05, 4.69) is 42.6 Å². The monoisotopic (exact) mass is 301 g/mol. The summed E-state index contributed by atoms with van der Waals surface area (Å²) in [6, 6.07) is -0.563. The number of fused-ring (bicyclic) bond motifs is 2. The van der Waals surface area contributed by atoms with Gasteiger partial charge in [-0.3, -0.25) is 0 Å². The third-order valence-electron chi connectivity index (χ3n) is 5.90. The van der Waals surface area contributed by atoms with Crippen LogP contribution in [0.5, 0.6) is 0 Å². The van der Waals surface area contributed by atoms with Crippen molar-refractivity contribution in [3.05, 3.63) is 23.8 Å². The lowest BCUT2D eigenvalue weighted by molar-refractivity contribution is 0.249. The predicted octanol–water partition coefficient (Wildman–Crippen LogP) is 3.61. The maximum Gasteiger partial charge on any atom is 0.332 e. The zero-order chi connectivity index (χ0) is 15.7. The largest absolute Gasteiger partial charge is 0.350 e. The predicted molar refractivity (Wildman–Crippen MR) is 89.3 cm³/mol. The number of urea groups is 1. The fourth-order valence-electron chi connectivity index (χ4n) is 4.80. The van der Waals surface area contributed by atoms with Crippen molar-refractivity contribution in [2.75, 3.05) is 0 Å². The molecule has 1 fully saturated rings. The SMILES string of the molecule is CC[C@H]1CC[C@H]2C/C=C(/C)[C@H]3C=CC[C@H]3/C(=N\NC(N)=O)[C@H]21. The summed E-state index contributed by atoms with van der Waals surface area (Å²) >= 11 is 0. The van der Waals surface area contributed by atoms with Crippen LogP contribution in [0.3, 0.4) is 0 Å². The molecule has 0 saturated heterocycles. The molecule has 3 N–H and O–H groups in total. The molecule has 0 aromatic rings. The van der Waals surface area contributed by atoms with E-state index in [0.29, 0.717) is 29.6 Å². The van der Waals surface area contributed by atoms with E-state index < -0.39 is 6.03 Å². The molecule has 0 aromatic carbocycles. The van der Waals surface area contributed by atoms with E-state index in [9.17, 15) is 4.79 Å². The fourth-order valence-corrected chi connectivity index (χ4v) is 4.80. The number of nitrogens with two attached hydrogens (primary N) is 1. The van der Waals surface area contributed by atoms with Gasteiger partial charge in [-0.15, -0.1) is 0 Å². The van der Waals surface area contributed by atoms with Gasteiger partial charge in [-0.1, -0.05) is 37.1 Å². The highest BCUT2D eigenvalue weighted by molar-refractivity contribution is 5.92. The molecule has 4 heteroatoms. The summed E-state index contributed by atoms with van der Waals surface area (Å²) in [5.41, 5.74) is 10.4. The molecule has 4 nitrogen and oxygen atoms in total. The number of amides is 2. The molecule has 120 valence electrons. The second kappa shape index (κ2) is 6.27. The molecule has 0 aliphatic heterocycles. The molecular formula is C18H27N3O. The first-order chi connectivity index (χ1) is 10.6. The molecule has 0 heterocycles. The Morgan fingerprint density at radius 3 is 2.95 bits per heavy atom.